The van der Waals surface area contributed by atoms with E-state index >= 15 is 0 Å². The molecule has 4 nitrogen and oxygen atoms in total. The minimum Gasteiger partial charge on any atom is -0.245 e. The average molecular weight is 381 g/mol. The van der Waals surface area contributed by atoms with Gasteiger partial charge in [-0.1, -0.05) is 29.8 Å². The van der Waals surface area contributed by atoms with Crippen LogP contribution in [0.2, 0.25) is 0 Å². The van der Waals surface area contributed by atoms with Crippen LogP contribution in [0.1, 0.15) is 12.5 Å². The molecule has 116 valence electrons. The summed E-state index contributed by atoms with van der Waals surface area (Å²) in [6.45, 7) is 7.69. The summed E-state index contributed by atoms with van der Waals surface area (Å²) in [6, 6.07) is 10.3. The normalized spacial score (nSPS) is 11.2. The van der Waals surface area contributed by atoms with E-state index in [1.165, 1.54) is 4.31 Å². The molecule has 0 saturated carbocycles. The highest BCUT2D eigenvalue weighted by Crippen LogP contribution is 2.29. The molecule has 0 aliphatic rings. The van der Waals surface area contributed by atoms with E-state index in [9.17, 15) is 8.42 Å². The van der Waals surface area contributed by atoms with E-state index in [4.69, 9.17) is 0 Å². The Morgan fingerprint density at radius 3 is 2.45 bits per heavy atom. The van der Waals surface area contributed by atoms with Crippen LogP contribution in [0, 0.1) is 6.92 Å². The molecule has 2 aromatic rings. The van der Waals surface area contributed by atoms with Gasteiger partial charge in [0.1, 0.15) is 0 Å². The monoisotopic (exact) mass is 380 g/mol. The molecule has 0 spiro atoms. The van der Waals surface area contributed by atoms with Crippen molar-refractivity contribution in [3.8, 4) is 0 Å². The largest absolute Gasteiger partial charge is 0.265 e. The second-order valence-electron chi connectivity index (χ2n) is 5.09. The summed E-state index contributed by atoms with van der Waals surface area (Å²) in [6.07, 6.45) is 1.57. The first kappa shape index (κ1) is 16.7. The van der Waals surface area contributed by atoms with E-state index < -0.39 is 10.0 Å². The van der Waals surface area contributed by atoms with Crippen LogP contribution < -0.4 is 4.31 Å². The Kier molecular flexibility index (Phi) is 5.03. The Bertz CT molecular complexity index is 786. The van der Waals surface area contributed by atoms with Gasteiger partial charge in [0, 0.05) is 6.20 Å². The van der Waals surface area contributed by atoms with Crippen molar-refractivity contribution in [1.82, 2.24) is 4.98 Å². The molecular weight excluding hydrogens is 364 g/mol. The van der Waals surface area contributed by atoms with E-state index in [1.807, 2.05) is 6.92 Å². The van der Waals surface area contributed by atoms with Gasteiger partial charge in [0.25, 0.3) is 10.0 Å². The molecule has 0 aliphatic heterocycles. The Morgan fingerprint density at radius 1 is 1.27 bits per heavy atom. The van der Waals surface area contributed by atoms with Crippen molar-refractivity contribution >= 4 is 31.8 Å². The van der Waals surface area contributed by atoms with Crippen LogP contribution in [-0.4, -0.2) is 19.9 Å². The van der Waals surface area contributed by atoms with Crippen LogP contribution in [0.25, 0.3) is 0 Å². The van der Waals surface area contributed by atoms with Gasteiger partial charge in [-0.15, -0.1) is 0 Å². The number of pyridine rings is 1. The van der Waals surface area contributed by atoms with Crippen molar-refractivity contribution < 1.29 is 8.42 Å². The van der Waals surface area contributed by atoms with Gasteiger partial charge in [-0.2, -0.15) is 0 Å². The van der Waals surface area contributed by atoms with Gasteiger partial charge in [-0.05, 0) is 54.0 Å². The lowest BCUT2D eigenvalue weighted by Crippen LogP contribution is -2.33. The van der Waals surface area contributed by atoms with E-state index in [-0.39, 0.29) is 11.4 Å². The molecule has 0 fully saturated rings. The van der Waals surface area contributed by atoms with E-state index in [2.05, 4.69) is 27.5 Å². The number of aryl methyl sites for hydroxylation is 1. The summed E-state index contributed by atoms with van der Waals surface area (Å²) in [7, 11) is -3.71. The van der Waals surface area contributed by atoms with E-state index in [1.54, 1.807) is 49.5 Å². The van der Waals surface area contributed by atoms with Gasteiger partial charge in [-0.3, -0.25) is 0 Å². The maximum atomic E-state index is 13.0. The van der Waals surface area contributed by atoms with Crippen LogP contribution in [-0.2, 0) is 10.0 Å². The van der Waals surface area contributed by atoms with Crippen LogP contribution in [0.5, 0.6) is 0 Å². The van der Waals surface area contributed by atoms with E-state index in [0.29, 0.717) is 10.3 Å². The Balaban J connectivity index is 2.56. The fourth-order valence-electron chi connectivity index (χ4n) is 1.92. The van der Waals surface area contributed by atoms with Gasteiger partial charge >= 0.3 is 0 Å². The van der Waals surface area contributed by atoms with Crippen molar-refractivity contribution in [1.29, 1.82) is 0 Å². The summed E-state index contributed by atoms with van der Waals surface area (Å²) in [4.78, 5) is 4.43. The second-order valence-corrected chi connectivity index (χ2v) is 7.81. The van der Waals surface area contributed by atoms with Crippen LogP contribution in [0.3, 0.4) is 0 Å². The average Bonchev–Trinajstić information content (AvgIpc) is 2.46. The molecule has 1 aromatic carbocycles. The van der Waals surface area contributed by atoms with Gasteiger partial charge < -0.3 is 0 Å². The number of anilines is 1. The van der Waals surface area contributed by atoms with Crippen molar-refractivity contribution in [3.05, 3.63) is 64.8 Å². The number of aromatic nitrogens is 1. The highest BCUT2D eigenvalue weighted by molar-refractivity contribution is 9.10. The third kappa shape index (κ3) is 3.56. The number of halogens is 1. The summed E-state index contributed by atoms with van der Waals surface area (Å²) < 4.78 is 27.8. The number of rotatable bonds is 5. The van der Waals surface area contributed by atoms with Crippen molar-refractivity contribution in [2.24, 2.45) is 0 Å². The first-order chi connectivity index (χ1) is 10.3. The molecule has 1 aromatic heterocycles. The van der Waals surface area contributed by atoms with Crippen molar-refractivity contribution in [3.63, 3.8) is 0 Å². The van der Waals surface area contributed by atoms with Crippen LogP contribution in [0.4, 0.5) is 5.82 Å². The maximum absolute atomic E-state index is 13.0. The van der Waals surface area contributed by atoms with Gasteiger partial charge in [0.15, 0.2) is 5.82 Å². The lowest BCUT2D eigenvalue weighted by Gasteiger charge is -2.24. The minimum absolute atomic E-state index is 0.172. The molecule has 0 bridgehead atoms. The number of sulfonamides is 1. The molecule has 2 rings (SSSR count). The predicted octanol–water partition coefficient (Wildman–Crippen LogP) is 3.92. The van der Waals surface area contributed by atoms with Crippen LogP contribution >= 0.6 is 15.9 Å². The topological polar surface area (TPSA) is 50.3 Å². The van der Waals surface area contributed by atoms with Crippen molar-refractivity contribution in [2.45, 2.75) is 18.7 Å². The van der Waals surface area contributed by atoms with Gasteiger partial charge in [0.05, 0.1) is 15.9 Å². The summed E-state index contributed by atoms with van der Waals surface area (Å²) in [5.41, 5.74) is 1.73. The first-order valence-corrected chi connectivity index (χ1v) is 8.90. The maximum Gasteiger partial charge on any atom is 0.265 e. The number of benzene rings is 1. The number of hydrogen-bond acceptors (Lipinski definition) is 3. The third-order valence-electron chi connectivity index (χ3n) is 3.00. The standard InChI is InChI=1S/C16H17BrN2O2S/c1-12(2)11-19(16-15(17)5-4-10-18-16)22(20,21)14-8-6-13(3)7-9-14/h4-10H,1,11H2,2-3H3. The molecule has 0 radical (unpaired) electrons. The fraction of sp³-hybridized carbons (Fsp3) is 0.188. The highest BCUT2D eigenvalue weighted by Gasteiger charge is 2.27. The quantitative estimate of drug-likeness (QED) is 0.738. The second kappa shape index (κ2) is 6.62. The molecule has 22 heavy (non-hydrogen) atoms. The Labute approximate surface area is 139 Å². The van der Waals surface area contributed by atoms with Crippen molar-refractivity contribution in [2.75, 3.05) is 10.8 Å². The molecule has 0 N–H and O–H groups in total. The number of nitrogens with zero attached hydrogens (tertiary/aromatic N) is 2. The van der Waals surface area contributed by atoms with Crippen LogP contribution in [0.15, 0.2) is 64.1 Å². The SMILES string of the molecule is C=C(C)CN(c1ncccc1Br)S(=O)(=O)c1ccc(C)cc1. The van der Waals surface area contributed by atoms with E-state index in [0.717, 1.165) is 11.1 Å². The lowest BCUT2D eigenvalue weighted by atomic mass is 10.2. The Hall–Kier alpha value is -1.66. The summed E-state index contributed by atoms with van der Waals surface area (Å²) in [5.74, 6) is 0.353. The smallest absolute Gasteiger partial charge is 0.245 e. The minimum atomic E-state index is -3.71. The van der Waals surface area contributed by atoms with Gasteiger partial charge in [0.2, 0.25) is 0 Å². The summed E-state index contributed by atoms with van der Waals surface area (Å²) in [5, 5.41) is 0. The molecule has 1 heterocycles. The molecular formula is C16H17BrN2O2S. The Morgan fingerprint density at radius 2 is 1.91 bits per heavy atom. The fourth-order valence-corrected chi connectivity index (χ4v) is 4.00. The molecule has 0 saturated heterocycles. The third-order valence-corrected chi connectivity index (χ3v) is 5.37. The zero-order valence-corrected chi connectivity index (χ0v) is 14.9. The predicted molar refractivity (Wildman–Crippen MR) is 92.5 cm³/mol. The first-order valence-electron chi connectivity index (χ1n) is 6.66. The molecule has 0 atom stereocenters. The zero-order chi connectivity index (χ0) is 16.3. The zero-order valence-electron chi connectivity index (χ0n) is 12.5. The highest BCUT2D eigenvalue weighted by atomic mass is 79.9. The lowest BCUT2D eigenvalue weighted by molar-refractivity contribution is 0.591. The van der Waals surface area contributed by atoms with Gasteiger partial charge in [-0.25, -0.2) is 17.7 Å². The molecule has 0 aliphatic carbocycles. The molecule has 0 unspecified atom stereocenters. The molecule has 0 amide bonds. The number of hydrogen-bond donors (Lipinski definition) is 0. The summed E-state index contributed by atoms with van der Waals surface area (Å²) >= 11 is 3.37. The molecule has 6 heteroatoms.